The van der Waals surface area contributed by atoms with E-state index >= 15 is 0 Å². The van der Waals surface area contributed by atoms with E-state index in [-0.39, 0.29) is 85.2 Å². The number of carboxylic acid groups (broad SMARTS) is 1. The Morgan fingerprint density at radius 1 is 0.882 bits per heavy atom. The maximum atomic E-state index is 13.8. The first-order valence-corrected chi connectivity index (χ1v) is 15.3. The van der Waals surface area contributed by atoms with Crippen molar-refractivity contribution in [3.8, 4) is 0 Å². The minimum Gasteiger partial charge on any atom is -0.550 e. The Hall–Kier alpha value is -3.77. The average Bonchev–Trinajstić information content (AvgIpc) is 3.04. The van der Waals surface area contributed by atoms with Gasteiger partial charge in [0.25, 0.3) is 0 Å². The van der Waals surface area contributed by atoms with Crippen molar-refractivity contribution >= 4 is 29.3 Å². The van der Waals surface area contributed by atoms with Gasteiger partial charge in [0, 0.05) is 50.3 Å². The van der Waals surface area contributed by atoms with Crippen molar-refractivity contribution in [2.24, 2.45) is 5.92 Å². The molecule has 0 amide bonds. The normalized spacial score (nSPS) is 14.1. The van der Waals surface area contributed by atoms with Crippen LogP contribution in [0.15, 0.2) is 48.8 Å². The predicted octanol–water partition coefficient (Wildman–Crippen LogP) is 3.08. The molecule has 0 spiro atoms. The fraction of sp³-hybridized carbons (Fsp3) is 0.438. The molecule has 2 heterocycles. The molecule has 0 bridgehead atoms. The van der Waals surface area contributed by atoms with Gasteiger partial charge in [-0.1, -0.05) is 0 Å². The number of hydrogen-bond acceptors (Lipinski definition) is 9. The number of anilines is 3. The molecule has 1 N–H and O–H groups in total. The van der Waals surface area contributed by atoms with Crippen molar-refractivity contribution in [2.45, 2.75) is 57.8 Å². The summed E-state index contributed by atoms with van der Waals surface area (Å²) in [7, 11) is 0. The van der Waals surface area contributed by atoms with Crippen LogP contribution in [0, 0.1) is 5.92 Å². The molecule has 1 fully saturated rings. The first-order chi connectivity index (χ1) is 23.3. The van der Waals surface area contributed by atoms with Crippen LogP contribution in [-0.2, 0) is 45.9 Å². The minimum atomic E-state index is -5.15. The van der Waals surface area contributed by atoms with E-state index in [1.54, 1.807) is 11.8 Å². The summed E-state index contributed by atoms with van der Waals surface area (Å²) in [5, 5.41) is 14.0. The fourth-order valence-electron chi connectivity index (χ4n) is 5.35. The van der Waals surface area contributed by atoms with E-state index in [2.05, 4.69) is 15.3 Å². The molecule has 0 atom stereocenters. The summed E-state index contributed by atoms with van der Waals surface area (Å²) < 4.78 is 128. The minimum absolute atomic E-state index is 0. The monoisotopic (exact) mass is 743 g/mol. The van der Waals surface area contributed by atoms with Gasteiger partial charge in [0.05, 0.1) is 47.8 Å². The van der Waals surface area contributed by atoms with Crippen LogP contribution in [0.1, 0.15) is 54.0 Å². The van der Waals surface area contributed by atoms with Gasteiger partial charge in [-0.15, -0.1) is 0 Å². The van der Waals surface area contributed by atoms with Crippen LogP contribution in [0.4, 0.5) is 56.8 Å². The number of aliphatic carboxylic acids is 1. The van der Waals surface area contributed by atoms with E-state index in [1.165, 1.54) is 12.4 Å². The Labute approximate surface area is 308 Å². The number of halogens is 9. The third kappa shape index (κ3) is 11.6. The van der Waals surface area contributed by atoms with Gasteiger partial charge in [0.1, 0.15) is 0 Å². The Kier molecular flexibility index (Phi) is 14.0. The molecule has 4 rings (SSSR count). The van der Waals surface area contributed by atoms with Gasteiger partial charge in [-0.05, 0) is 67.3 Å². The molecule has 1 aromatic heterocycles. The van der Waals surface area contributed by atoms with Gasteiger partial charge in [0.15, 0.2) is 0 Å². The second kappa shape index (κ2) is 17.2. The van der Waals surface area contributed by atoms with E-state index in [1.807, 2.05) is 0 Å². The average molecular weight is 744 g/mol. The molecule has 2 aromatic carbocycles. The molecule has 0 unspecified atom stereocenters. The number of piperidine rings is 1. The van der Waals surface area contributed by atoms with Gasteiger partial charge in [-0.2, -0.15) is 39.5 Å². The number of benzene rings is 2. The zero-order valence-electron chi connectivity index (χ0n) is 27.4. The number of rotatable bonds is 12. The Bertz CT molecular complexity index is 1610. The van der Waals surface area contributed by atoms with Gasteiger partial charge in [-0.25, -0.2) is 9.97 Å². The van der Waals surface area contributed by atoms with Crippen LogP contribution in [0.3, 0.4) is 0 Å². The van der Waals surface area contributed by atoms with E-state index in [0.717, 1.165) is 23.1 Å². The number of alkyl halides is 9. The molecule has 3 aromatic rings. The Morgan fingerprint density at radius 3 is 1.96 bits per heavy atom. The second-order valence-electron chi connectivity index (χ2n) is 11.4. The molecular weight excluding hydrogens is 712 g/mol. The zero-order valence-corrected chi connectivity index (χ0v) is 29.4. The number of esters is 1. The topological polar surface area (TPSA) is 111 Å². The molecular formula is C32H31F9N5NaO4. The quantitative estimate of drug-likeness (QED) is 0.170. The summed E-state index contributed by atoms with van der Waals surface area (Å²) in [6.07, 6.45) is -12.1. The number of carboxylic acids is 1. The largest absolute Gasteiger partial charge is 1.00 e. The van der Waals surface area contributed by atoms with Crippen molar-refractivity contribution in [2.75, 3.05) is 41.4 Å². The van der Waals surface area contributed by atoms with Gasteiger partial charge < -0.3 is 29.8 Å². The predicted molar refractivity (Wildman–Crippen MR) is 159 cm³/mol. The molecule has 0 saturated carbocycles. The van der Waals surface area contributed by atoms with Crippen molar-refractivity contribution in [1.29, 1.82) is 0 Å². The molecule has 0 aliphatic carbocycles. The first kappa shape index (κ1) is 41.6. The number of carbonyl (C=O) groups excluding carboxylic acids is 2. The van der Waals surface area contributed by atoms with Gasteiger partial charge >= 0.3 is 54.1 Å². The van der Waals surface area contributed by atoms with E-state index in [9.17, 15) is 54.2 Å². The van der Waals surface area contributed by atoms with E-state index < -0.39 is 71.7 Å². The van der Waals surface area contributed by atoms with Gasteiger partial charge in [-0.3, -0.25) is 4.79 Å². The van der Waals surface area contributed by atoms with Crippen molar-refractivity contribution in [3.05, 3.63) is 76.6 Å². The summed E-state index contributed by atoms with van der Waals surface area (Å²) in [5.41, 5.74) is -4.28. The molecule has 51 heavy (non-hydrogen) atoms. The number of nitrogens with one attached hydrogen (secondary N) is 1. The Morgan fingerprint density at radius 2 is 1.45 bits per heavy atom. The zero-order chi connectivity index (χ0) is 36.9. The molecule has 0 radical (unpaired) electrons. The van der Waals surface area contributed by atoms with E-state index in [4.69, 9.17) is 4.74 Å². The van der Waals surface area contributed by atoms with Crippen LogP contribution >= 0.6 is 0 Å². The number of aromatic nitrogens is 2. The summed E-state index contributed by atoms with van der Waals surface area (Å²) in [6, 6.07) is 3.60. The van der Waals surface area contributed by atoms with Crippen molar-refractivity contribution in [1.82, 2.24) is 9.97 Å². The number of nitrogens with zero attached hydrogens (tertiary/aromatic N) is 4. The first-order valence-electron chi connectivity index (χ1n) is 15.3. The summed E-state index contributed by atoms with van der Waals surface area (Å²) in [4.78, 5) is 34.4. The SMILES string of the molecule is CCOC(=O)CCNc1ccc(C(F)(F)F)cc1CN(Cc1cc(C(F)(F)F)cc(C(F)(F)F)c1)c1ncc(N2CCC(C(=O)[O-])CC2)cn1.[Na+]. The van der Waals surface area contributed by atoms with Crippen LogP contribution < -0.4 is 49.8 Å². The summed E-state index contributed by atoms with van der Waals surface area (Å²) >= 11 is 0. The maximum Gasteiger partial charge on any atom is 1.00 e. The smallest absolute Gasteiger partial charge is 0.550 e. The maximum absolute atomic E-state index is 13.8. The van der Waals surface area contributed by atoms with Crippen LogP contribution in [-0.4, -0.2) is 48.1 Å². The van der Waals surface area contributed by atoms with Crippen molar-refractivity contribution in [3.63, 3.8) is 0 Å². The van der Waals surface area contributed by atoms with Crippen LogP contribution in [0.2, 0.25) is 0 Å². The van der Waals surface area contributed by atoms with Crippen LogP contribution in [0.5, 0.6) is 0 Å². The molecule has 1 saturated heterocycles. The molecule has 272 valence electrons. The molecule has 9 nitrogen and oxygen atoms in total. The molecule has 1 aliphatic heterocycles. The fourth-order valence-corrected chi connectivity index (χ4v) is 5.35. The number of carbonyl (C=O) groups is 2. The Balaban J connectivity index is 0.00000702. The number of ether oxygens (including phenoxy) is 1. The van der Waals surface area contributed by atoms with Gasteiger partial charge in [0.2, 0.25) is 5.95 Å². The summed E-state index contributed by atoms with van der Waals surface area (Å²) in [6.45, 7) is 1.01. The number of hydrogen-bond donors (Lipinski definition) is 1. The van der Waals surface area contributed by atoms with Crippen LogP contribution in [0.25, 0.3) is 0 Å². The summed E-state index contributed by atoms with van der Waals surface area (Å²) in [5.74, 6) is -2.65. The third-order valence-electron chi connectivity index (χ3n) is 7.87. The second-order valence-corrected chi connectivity index (χ2v) is 11.4. The molecule has 19 heteroatoms. The van der Waals surface area contributed by atoms with Crippen molar-refractivity contribution < 1.29 is 88.5 Å². The third-order valence-corrected chi connectivity index (χ3v) is 7.87. The van der Waals surface area contributed by atoms with E-state index in [0.29, 0.717) is 30.9 Å². The standard InChI is InChI=1S/C32H32F9N5O4.Na/c1-2-50-27(47)5-8-42-26-4-3-22(30(33,34)35)13-21(26)18-46(17-19-11-23(31(36,37)38)14-24(12-19)32(39,40)41)29-43-15-25(16-44-29)45-9-6-20(7-10-45)28(48)49;/h3-4,11-16,20,42H,2,5-10,17-18H2,1H3,(H,48,49);/q;+1/p-1. The molecule has 1 aliphatic rings.